The third-order valence-corrected chi connectivity index (χ3v) is 3.09. The van der Waals surface area contributed by atoms with Crippen molar-refractivity contribution in [1.82, 2.24) is 0 Å². The molecule has 0 saturated carbocycles. The standard InChI is InChI=1S/C13H17NO/c1-9(2)11-7-6-10-4-3-5-13(14-15)12(10)8-11/h6-9,15H,3-5H2,1-2H3/b14-13+. The quantitative estimate of drug-likeness (QED) is 0.551. The molecular weight excluding hydrogens is 186 g/mol. The predicted molar refractivity (Wildman–Crippen MR) is 61.8 cm³/mol. The molecule has 1 N–H and O–H groups in total. The summed E-state index contributed by atoms with van der Waals surface area (Å²) in [6.07, 6.45) is 3.09. The van der Waals surface area contributed by atoms with Gasteiger partial charge in [0.15, 0.2) is 0 Å². The summed E-state index contributed by atoms with van der Waals surface area (Å²) in [5, 5.41) is 12.4. The third-order valence-electron chi connectivity index (χ3n) is 3.09. The maximum absolute atomic E-state index is 8.96. The van der Waals surface area contributed by atoms with Crippen LogP contribution < -0.4 is 0 Å². The number of benzene rings is 1. The van der Waals surface area contributed by atoms with Gasteiger partial charge in [0.05, 0.1) is 5.71 Å². The van der Waals surface area contributed by atoms with E-state index in [0.717, 1.165) is 30.5 Å². The number of fused-ring (bicyclic) bond motifs is 1. The fraction of sp³-hybridized carbons (Fsp3) is 0.462. The first-order valence-corrected chi connectivity index (χ1v) is 5.56. The van der Waals surface area contributed by atoms with Gasteiger partial charge >= 0.3 is 0 Å². The Morgan fingerprint density at radius 3 is 2.73 bits per heavy atom. The second-order valence-electron chi connectivity index (χ2n) is 4.47. The van der Waals surface area contributed by atoms with Gasteiger partial charge < -0.3 is 5.21 Å². The lowest BCUT2D eigenvalue weighted by atomic mass is 9.87. The number of hydrogen-bond donors (Lipinski definition) is 1. The minimum absolute atomic E-state index is 0.525. The third kappa shape index (κ3) is 1.89. The number of rotatable bonds is 1. The fourth-order valence-electron chi connectivity index (χ4n) is 2.12. The number of aryl methyl sites for hydroxylation is 1. The lowest BCUT2D eigenvalue weighted by Crippen LogP contribution is -2.12. The monoisotopic (exact) mass is 203 g/mol. The van der Waals surface area contributed by atoms with Crippen LogP contribution in [-0.2, 0) is 6.42 Å². The zero-order chi connectivity index (χ0) is 10.8. The molecule has 0 radical (unpaired) electrons. The van der Waals surface area contributed by atoms with Gasteiger partial charge in [-0.05, 0) is 42.4 Å². The molecule has 0 amide bonds. The van der Waals surface area contributed by atoms with Crippen molar-refractivity contribution in [2.24, 2.45) is 5.16 Å². The molecule has 0 bridgehead atoms. The highest BCUT2D eigenvalue weighted by Crippen LogP contribution is 2.25. The molecule has 1 aliphatic rings. The molecule has 2 nitrogen and oxygen atoms in total. The van der Waals surface area contributed by atoms with E-state index in [1.54, 1.807) is 0 Å². The second-order valence-corrected chi connectivity index (χ2v) is 4.47. The van der Waals surface area contributed by atoms with Crippen LogP contribution >= 0.6 is 0 Å². The molecule has 1 aromatic rings. The van der Waals surface area contributed by atoms with E-state index < -0.39 is 0 Å². The van der Waals surface area contributed by atoms with Crippen molar-refractivity contribution in [2.45, 2.75) is 39.0 Å². The van der Waals surface area contributed by atoms with Crippen molar-refractivity contribution < 1.29 is 5.21 Å². The first-order valence-electron chi connectivity index (χ1n) is 5.56. The molecule has 1 aromatic carbocycles. The van der Waals surface area contributed by atoms with Gasteiger partial charge in [0.25, 0.3) is 0 Å². The average molecular weight is 203 g/mol. The first-order chi connectivity index (χ1) is 7.22. The van der Waals surface area contributed by atoms with Gasteiger partial charge in [-0.2, -0.15) is 0 Å². The smallest absolute Gasteiger partial charge is 0.0870 e. The van der Waals surface area contributed by atoms with E-state index in [4.69, 9.17) is 5.21 Å². The summed E-state index contributed by atoms with van der Waals surface area (Å²) in [4.78, 5) is 0. The Morgan fingerprint density at radius 2 is 2.07 bits per heavy atom. The van der Waals surface area contributed by atoms with Crippen LogP contribution in [0.25, 0.3) is 0 Å². The summed E-state index contributed by atoms with van der Waals surface area (Å²) in [6, 6.07) is 6.53. The lowest BCUT2D eigenvalue weighted by molar-refractivity contribution is 0.317. The predicted octanol–water partition coefficient (Wildman–Crippen LogP) is 3.32. The van der Waals surface area contributed by atoms with Crippen LogP contribution in [0.3, 0.4) is 0 Å². The molecule has 0 spiro atoms. The summed E-state index contributed by atoms with van der Waals surface area (Å²) >= 11 is 0. The highest BCUT2D eigenvalue weighted by atomic mass is 16.4. The molecule has 0 fully saturated rings. The molecule has 0 atom stereocenters. The minimum Gasteiger partial charge on any atom is -0.411 e. The Hall–Kier alpha value is -1.31. The van der Waals surface area contributed by atoms with Gasteiger partial charge in [0.1, 0.15) is 0 Å². The number of nitrogens with zero attached hydrogens (tertiary/aromatic N) is 1. The summed E-state index contributed by atoms with van der Waals surface area (Å²) in [5.74, 6) is 0.525. The highest BCUT2D eigenvalue weighted by Gasteiger charge is 2.16. The van der Waals surface area contributed by atoms with Crippen molar-refractivity contribution in [3.8, 4) is 0 Å². The molecule has 15 heavy (non-hydrogen) atoms. The zero-order valence-corrected chi connectivity index (χ0v) is 9.33. The maximum Gasteiger partial charge on any atom is 0.0870 e. The van der Waals surface area contributed by atoms with E-state index in [2.05, 4.69) is 37.2 Å². The number of hydrogen-bond acceptors (Lipinski definition) is 2. The largest absolute Gasteiger partial charge is 0.411 e. The van der Waals surface area contributed by atoms with Gasteiger partial charge in [-0.15, -0.1) is 0 Å². The van der Waals surface area contributed by atoms with E-state index in [0.29, 0.717) is 5.92 Å². The Morgan fingerprint density at radius 1 is 1.27 bits per heavy atom. The molecule has 0 unspecified atom stereocenters. The molecule has 2 heteroatoms. The van der Waals surface area contributed by atoms with Gasteiger partial charge in [-0.3, -0.25) is 0 Å². The Labute approximate surface area is 90.6 Å². The first kappa shape index (κ1) is 10.2. The highest BCUT2D eigenvalue weighted by molar-refractivity contribution is 6.02. The Bertz CT molecular complexity index is 394. The normalized spacial score (nSPS) is 18.2. The minimum atomic E-state index is 0.525. The number of oxime groups is 1. The molecule has 2 rings (SSSR count). The molecule has 80 valence electrons. The van der Waals surface area contributed by atoms with Crippen molar-refractivity contribution in [3.63, 3.8) is 0 Å². The fourth-order valence-corrected chi connectivity index (χ4v) is 2.12. The molecule has 0 aromatic heterocycles. The van der Waals surface area contributed by atoms with Crippen LogP contribution in [0.4, 0.5) is 0 Å². The van der Waals surface area contributed by atoms with Crippen molar-refractivity contribution >= 4 is 5.71 Å². The van der Waals surface area contributed by atoms with Crippen molar-refractivity contribution in [2.75, 3.05) is 0 Å². The van der Waals surface area contributed by atoms with E-state index >= 15 is 0 Å². The summed E-state index contributed by atoms with van der Waals surface area (Å²) < 4.78 is 0. The molecule has 0 heterocycles. The second kappa shape index (κ2) is 4.05. The van der Waals surface area contributed by atoms with E-state index in [1.165, 1.54) is 11.1 Å². The van der Waals surface area contributed by atoms with Crippen LogP contribution in [-0.4, -0.2) is 10.9 Å². The van der Waals surface area contributed by atoms with Crippen LogP contribution in [0, 0.1) is 0 Å². The van der Waals surface area contributed by atoms with Crippen LogP contribution in [0.1, 0.15) is 49.3 Å². The van der Waals surface area contributed by atoms with Gasteiger partial charge in [0, 0.05) is 5.56 Å². The summed E-state index contributed by atoms with van der Waals surface area (Å²) in [6.45, 7) is 4.36. The van der Waals surface area contributed by atoms with Gasteiger partial charge in [-0.25, -0.2) is 0 Å². The average Bonchev–Trinajstić information content (AvgIpc) is 2.27. The lowest BCUT2D eigenvalue weighted by Gasteiger charge is -2.18. The van der Waals surface area contributed by atoms with E-state index in [-0.39, 0.29) is 0 Å². The SMILES string of the molecule is CC(C)c1ccc2c(c1)/C(=N/O)CCC2. The molecule has 0 saturated heterocycles. The van der Waals surface area contributed by atoms with Gasteiger partial charge in [0.2, 0.25) is 0 Å². The summed E-state index contributed by atoms with van der Waals surface area (Å²) in [7, 11) is 0. The van der Waals surface area contributed by atoms with Crippen molar-refractivity contribution in [1.29, 1.82) is 0 Å². The Balaban J connectivity index is 2.48. The molecule has 1 aliphatic carbocycles. The maximum atomic E-state index is 8.96. The van der Waals surface area contributed by atoms with Gasteiger partial charge in [-0.1, -0.05) is 31.1 Å². The van der Waals surface area contributed by atoms with E-state index in [1.807, 2.05) is 0 Å². The van der Waals surface area contributed by atoms with Crippen molar-refractivity contribution in [3.05, 3.63) is 34.9 Å². The zero-order valence-electron chi connectivity index (χ0n) is 9.33. The van der Waals surface area contributed by atoms with Crippen LogP contribution in [0.2, 0.25) is 0 Å². The van der Waals surface area contributed by atoms with Crippen LogP contribution in [0.5, 0.6) is 0 Å². The molecular formula is C13H17NO. The topological polar surface area (TPSA) is 32.6 Å². The Kier molecular flexibility index (Phi) is 2.76. The summed E-state index contributed by atoms with van der Waals surface area (Å²) in [5.41, 5.74) is 4.63. The van der Waals surface area contributed by atoms with Crippen LogP contribution in [0.15, 0.2) is 23.4 Å². The van der Waals surface area contributed by atoms with E-state index in [9.17, 15) is 0 Å². The molecule has 0 aliphatic heterocycles.